The molecule has 0 bridgehead atoms. The zero-order valence-corrected chi connectivity index (χ0v) is 13.2. The molecule has 1 aliphatic rings. The maximum absolute atomic E-state index is 10.0. The van der Waals surface area contributed by atoms with Crippen LogP contribution < -0.4 is 16.0 Å². The van der Waals surface area contributed by atoms with Gasteiger partial charge in [-0.05, 0) is 36.4 Å². The standard InChI is InChI=1S/C17H12N4O2S/c22-11-7-5-10(6-8-11)18-17-21-16(23)14(24-17)9-15-19-12-3-1-2-4-13(12)20-15/h1-9,22-23H,(H,18,21). The van der Waals surface area contributed by atoms with Gasteiger partial charge in [-0.2, -0.15) is 4.98 Å². The van der Waals surface area contributed by atoms with Crippen LogP contribution in [0.25, 0.3) is 6.08 Å². The van der Waals surface area contributed by atoms with Crippen molar-refractivity contribution in [3.63, 3.8) is 0 Å². The third-order valence-corrected chi connectivity index (χ3v) is 4.27. The molecule has 0 spiro atoms. The summed E-state index contributed by atoms with van der Waals surface area (Å²) in [4.78, 5) is 13.5. The van der Waals surface area contributed by atoms with E-state index in [9.17, 15) is 10.2 Å². The van der Waals surface area contributed by atoms with Crippen LogP contribution in [-0.2, 0) is 0 Å². The van der Waals surface area contributed by atoms with Crippen LogP contribution in [0.5, 0.6) is 11.6 Å². The van der Waals surface area contributed by atoms with Gasteiger partial charge in [0.15, 0.2) is 11.0 Å². The van der Waals surface area contributed by atoms with Crippen molar-refractivity contribution in [1.29, 1.82) is 0 Å². The fourth-order valence-corrected chi connectivity index (χ4v) is 3.06. The first kappa shape index (κ1) is 14.4. The minimum atomic E-state index is -0.0739. The van der Waals surface area contributed by atoms with Crippen molar-refractivity contribution in [2.75, 3.05) is 5.32 Å². The van der Waals surface area contributed by atoms with Crippen molar-refractivity contribution in [3.8, 4) is 11.6 Å². The van der Waals surface area contributed by atoms with Gasteiger partial charge in [-0.25, -0.2) is 9.98 Å². The highest BCUT2D eigenvalue weighted by molar-refractivity contribution is 7.16. The lowest BCUT2D eigenvalue weighted by Gasteiger charge is -2.01. The molecule has 2 aromatic carbocycles. The van der Waals surface area contributed by atoms with E-state index in [0.29, 0.717) is 15.8 Å². The van der Waals surface area contributed by atoms with E-state index in [4.69, 9.17) is 0 Å². The third-order valence-electron chi connectivity index (χ3n) is 3.36. The smallest absolute Gasteiger partial charge is 0.231 e. The Morgan fingerprint density at radius 2 is 1.58 bits per heavy atom. The van der Waals surface area contributed by atoms with Gasteiger partial charge in [-0.3, -0.25) is 0 Å². The van der Waals surface area contributed by atoms with Gasteiger partial charge in [0.05, 0.1) is 15.6 Å². The number of rotatable bonds is 3. The molecule has 3 aromatic rings. The van der Waals surface area contributed by atoms with Crippen molar-refractivity contribution in [1.82, 2.24) is 4.98 Å². The Balaban J connectivity index is 1.61. The number of phenolic OH excluding ortho intramolecular Hbond substituents is 1. The molecule has 0 aliphatic carbocycles. The summed E-state index contributed by atoms with van der Waals surface area (Å²) in [6.07, 6.45) is 1.70. The fourth-order valence-electron chi connectivity index (χ4n) is 2.25. The quantitative estimate of drug-likeness (QED) is 0.641. The number of benzene rings is 2. The highest BCUT2D eigenvalue weighted by atomic mass is 32.1. The number of hydrogen-bond acceptors (Lipinski definition) is 7. The van der Waals surface area contributed by atoms with Crippen LogP contribution >= 0.6 is 11.3 Å². The van der Waals surface area contributed by atoms with Gasteiger partial charge in [-0.1, -0.05) is 23.5 Å². The van der Waals surface area contributed by atoms with Gasteiger partial charge in [0.1, 0.15) is 5.75 Å². The van der Waals surface area contributed by atoms with Crippen LogP contribution in [0.2, 0.25) is 0 Å². The monoisotopic (exact) mass is 336 g/mol. The van der Waals surface area contributed by atoms with E-state index in [1.54, 1.807) is 30.3 Å². The van der Waals surface area contributed by atoms with Crippen LogP contribution in [0.1, 0.15) is 4.88 Å². The predicted molar refractivity (Wildman–Crippen MR) is 91.9 cm³/mol. The Bertz CT molecular complexity index is 1020. The number of hydrogen-bond donors (Lipinski definition) is 3. The van der Waals surface area contributed by atoms with E-state index in [2.05, 4.69) is 20.3 Å². The number of para-hydroxylation sites is 2. The van der Waals surface area contributed by atoms with Gasteiger partial charge in [-0.15, -0.1) is 0 Å². The minimum absolute atomic E-state index is 0.0739. The SMILES string of the molecule is Oc1ccc(Nc2nc(O)c(C=C3N=c4ccccc4=N3)s2)cc1. The molecule has 7 heteroatoms. The molecule has 0 atom stereocenters. The van der Waals surface area contributed by atoms with Gasteiger partial charge < -0.3 is 15.5 Å². The third kappa shape index (κ3) is 2.84. The van der Waals surface area contributed by atoms with Crippen molar-refractivity contribution < 1.29 is 10.2 Å². The summed E-state index contributed by atoms with van der Waals surface area (Å²) in [5, 5.41) is 24.6. The summed E-state index contributed by atoms with van der Waals surface area (Å²) >= 11 is 1.29. The maximum atomic E-state index is 10.0. The molecule has 3 N–H and O–H groups in total. The number of fused-ring (bicyclic) bond motifs is 1. The number of phenols is 1. The zero-order chi connectivity index (χ0) is 16.5. The number of anilines is 2. The second kappa shape index (κ2) is 5.78. The molecule has 24 heavy (non-hydrogen) atoms. The summed E-state index contributed by atoms with van der Waals surface area (Å²) in [6.45, 7) is 0. The van der Waals surface area contributed by atoms with E-state index in [1.807, 2.05) is 24.3 Å². The van der Waals surface area contributed by atoms with Crippen molar-refractivity contribution in [2.24, 2.45) is 9.98 Å². The van der Waals surface area contributed by atoms with Crippen LogP contribution in [0.4, 0.5) is 10.8 Å². The molecule has 0 saturated carbocycles. The largest absolute Gasteiger partial charge is 0.508 e. The van der Waals surface area contributed by atoms with Crippen LogP contribution in [0, 0.1) is 0 Å². The van der Waals surface area contributed by atoms with Gasteiger partial charge >= 0.3 is 0 Å². The number of thiazole rings is 1. The van der Waals surface area contributed by atoms with Gasteiger partial charge in [0.2, 0.25) is 5.88 Å². The number of nitrogens with one attached hydrogen (secondary N) is 1. The van der Waals surface area contributed by atoms with Crippen LogP contribution in [-0.4, -0.2) is 15.2 Å². The van der Waals surface area contributed by atoms with E-state index >= 15 is 0 Å². The fraction of sp³-hybridized carbons (Fsp3) is 0. The van der Waals surface area contributed by atoms with Gasteiger partial charge in [0.25, 0.3) is 0 Å². The zero-order valence-electron chi connectivity index (χ0n) is 12.3. The lowest BCUT2D eigenvalue weighted by molar-refractivity contribution is 0.457. The van der Waals surface area contributed by atoms with E-state index < -0.39 is 0 Å². The normalized spacial score (nSPS) is 12.2. The molecule has 1 aliphatic heterocycles. The average Bonchev–Trinajstić information content (AvgIpc) is 3.13. The Labute approximate surface area is 140 Å². The molecule has 0 fully saturated rings. The van der Waals surface area contributed by atoms with Crippen LogP contribution in [0.3, 0.4) is 0 Å². The Kier molecular flexibility index (Phi) is 3.47. The Hall–Kier alpha value is -3.19. The molecular weight excluding hydrogens is 324 g/mol. The molecule has 0 unspecified atom stereocenters. The van der Waals surface area contributed by atoms with E-state index in [-0.39, 0.29) is 11.6 Å². The average molecular weight is 336 g/mol. The summed E-state index contributed by atoms with van der Waals surface area (Å²) in [7, 11) is 0. The summed E-state index contributed by atoms with van der Waals surface area (Å²) in [5.74, 6) is 0.651. The minimum Gasteiger partial charge on any atom is -0.508 e. The topological polar surface area (TPSA) is 90.1 Å². The summed E-state index contributed by atoms with van der Waals surface area (Å²) in [6, 6.07) is 14.2. The molecule has 0 amide bonds. The second-order valence-corrected chi connectivity index (χ2v) is 6.12. The highest BCUT2D eigenvalue weighted by Crippen LogP contribution is 2.32. The van der Waals surface area contributed by atoms with Crippen molar-refractivity contribution >= 4 is 28.2 Å². The molecule has 0 saturated heterocycles. The molecule has 1 aromatic heterocycles. The molecule has 118 valence electrons. The number of aromatic nitrogens is 1. The molecule has 0 radical (unpaired) electrons. The second-order valence-electron chi connectivity index (χ2n) is 5.09. The lowest BCUT2D eigenvalue weighted by Crippen LogP contribution is -2.19. The summed E-state index contributed by atoms with van der Waals surface area (Å²) < 4.78 is 0. The maximum Gasteiger partial charge on any atom is 0.231 e. The first-order valence-electron chi connectivity index (χ1n) is 7.17. The van der Waals surface area contributed by atoms with Gasteiger partial charge in [0, 0.05) is 11.8 Å². The van der Waals surface area contributed by atoms with Crippen molar-refractivity contribution in [3.05, 3.63) is 69.9 Å². The van der Waals surface area contributed by atoms with E-state index in [1.165, 1.54) is 11.3 Å². The predicted octanol–water partition coefficient (Wildman–Crippen LogP) is 2.55. The van der Waals surface area contributed by atoms with Crippen molar-refractivity contribution in [2.45, 2.75) is 0 Å². The summed E-state index contributed by atoms with van der Waals surface area (Å²) in [5.41, 5.74) is 0.767. The molecular formula is C17H12N4O2S. The first-order valence-corrected chi connectivity index (χ1v) is 7.99. The highest BCUT2D eigenvalue weighted by Gasteiger charge is 2.11. The molecule has 2 heterocycles. The number of nitrogens with zero attached hydrogens (tertiary/aromatic N) is 3. The Morgan fingerprint density at radius 1 is 0.917 bits per heavy atom. The number of aromatic hydroxyl groups is 2. The Morgan fingerprint density at radius 3 is 2.25 bits per heavy atom. The lowest BCUT2D eigenvalue weighted by atomic mass is 10.3. The first-order chi connectivity index (χ1) is 11.7. The van der Waals surface area contributed by atoms with E-state index in [0.717, 1.165) is 16.4 Å². The van der Waals surface area contributed by atoms with Crippen LogP contribution in [0.15, 0.2) is 64.3 Å². The molecule has 4 rings (SSSR count). The molecule has 6 nitrogen and oxygen atoms in total.